The molecular weight excluding hydrogens is 128 g/mol. The molecule has 0 atom stereocenters. The summed E-state index contributed by atoms with van der Waals surface area (Å²) in [5.74, 6) is 0. The van der Waals surface area contributed by atoms with E-state index >= 15 is 0 Å². The first-order valence-corrected chi connectivity index (χ1v) is 3.50. The topological polar surface area (TPSA) is 52.0 Å². The Morgan fingerprint density at radius 2 is 2.30 bits per heavy atom. The first-order chi connectivity index (χ1) is 4.81. The van der Waals surface area contributed by atoms with Crippen LogP contribution in [-0.4, -0.2) is 25.2 Å². The third-order valence-electron chi connectivity index (χ3n) is 1.26. The second kappa shape index (κ2) is 6.39. The van der Waals surface area contributed by atoms with Gasteiger partial charge in [0.25, 0.3) is 0 Å². The fourth-order valence-electron chi connectivity index (χ4n) is 0.635. The highest BCUT2D eigenvalue weighted by molar-refractivity contribution is 4.49. The van der Waals surface area contributed by atoms with Crippen LogP contribution in [0.4, 0.5) is 0 Å². The summed E-state index contributed by atoms with van der Waals surface area (Å²) < 4.78 is 0. The van der Waals surface area contributed by atoms with Gasteiger partial charge >= 0.3 is 0 Å². The van der Waals surface area contributed by atoms with Crippen LogP contribution in [0.3, 0.4) is 0 Å². The predicted molar refractivity (Wildman–Crippen MR) is 41.6 cm³/mol. The first-order valence-electron chi connectivity index (χ1n) is 3.50. The van der Waals surface area contributed by atoms with Crippen molar-refractivity contribution >= 4 is 0 Å². The van der Waals surface area contributed by atoms with Crippen molar-refractivity contribution in [2.75, 3.05) is 20.3 Å². The number of hydrogen-bond donors (Lipinski definition) is 0. The highest BCUT2D eigenvalue weighted by atomic mass is 15.3. The molecule has 0 fully saturated rings. The number of rotatable bonds is 5. The van der Waals surface area contributed by atoms with E-state index in [9.17, 15) is 0 Å². The zero-order chi connectivity index (χ0) is 7.82. The molecule has 0 unspecified atom stereocenters. The summed E-state index contributed by atoms with van der Waals surface area (Å²) in [7, 11) is 1.95. The van der Waals surface area contributed by atoms with Crippen LogP contribution in [0.25, 0.3) is 10.4 Å². The van der Waals surface area contributed by atoms with Crippen LogP contribution in [-0.2, 0) is 0 Å². The average molecular weight is 142 g/mol. The summed E-state index contributed by atoms with van der Waals surface area (Å²) in [6.07, 6.45) is 2.35. The third-order valence-corrected chi connectivity index (χ3v) is 1.26. The highest BCUT2D eigenvalue weighted by Gasteiger charge is 1.92. The van der Waals surface area contributed by atoms with Gasteiger partial charge in [-0.25, -0.2) is 0 Å². The SMILES string of the molecule is CCCCN(C)CN=[N+]=[N-]. The van der Waals surface area contributed by atoms with Gasteiger partial charge in [0, 0.05) is 4.91 Å². The number of azide groups is 1. The molecule has 0 amide bonds. The van der Waals surface area contributed by atoms with Crippen LogP contribution < -0.4 is 0 Å². The van der Waals surface area contributed by atoms with Crippen LogP contribution in [0.1, 0.15) is 19.8 Å². The van der Waals surface area contributed by atoms with E-state index in [0.717, 1.165) is 13.0 Å². The lowest BCUT2D eigenvalue weighted by molar-refractivity contribution is 0.338. The molecule has 10 heavy (non-hydrogen) atoms. The first kappa shape index (κ1) is 9.27. The van der Waals surface area contributed by atoms with Crippen molar-refractivity contribution in [3.63, 3.8) is 0 Å². The largest absolute Gasteiger partial charge is 0.301 e. The van der Waals surface area contributed by atoms with Crippen molar-refractivity contribution < 1.29 is 0 Å². The molecule has 0 radical (unpaired) electrons. The Morgan fingerprint density at radius 1 is 1.60 bits per heavy atom. The third kappa shape index (κ3) is 5.41. The summed E-state index contributed by atoms with van der Waals surface area (Å²) >= 11 is 0. The van der Waals surface area contributed by atoms with Crippen LogP contribution in [0, 0.1) is 0 Å². The van der Waals surface area contributed by atoms with Gasteiger partial charge in [-0.1, -0.05) is 18.5 Å². The predicted octanol–water partition coefficient (Wildman–Crippen LogP) is 1.99. The van der Waals surface area contributed by atoms with Crippen molar-refractivity contribution in [2.24, 2.45) is 5.11 Å². The molecule has 0 heterocycles. The minimum atomic E-state index is 0.483. The summed E-state index contributed by atoms with van der Waals surface area (Å²) in [6.45, 7) is 3.63. The van der Waals surface area contributed by atoms with Gasteiger partial charge in [0.2, 0.25) is 0 Å². The normalized spacial score (nSPS) is 9.50. The zero-order valence-corrected chi connectivity index (χ0v) is 6.62. The molecule has 0 aromatic heterocycles. The van der Waals surface area contributed by atoms with Crippen molar-refractivity contribution in [2.45, 2.75) is 19.8 Å². The van der Waals surface area contributed by atoms with Gasteiger partial charge in [-0.05, 0) is 25.5 Å². The highest BCUT2D eigenvalue weighted by Crippen LogP contribution is 1.90. The number of unbranched alkanes of at least 4 members (excludes halogenated alkanes) is 1. The van der Waals surface area contributed by atoms with Gasteiger partial charge in [-0.2, -0.15) is 0 Å². The molecule has 4 nitrogen and oxygen atoms in total. The molecule has 0 aromatic carbocycles. The van der Waals surface area contributed by atoms with E-state index in [2.05, 4.69) is 16.9 Å². The lowest BCUT2D eigenvalue weighted by atomic mass is 10.3. The van der Waals surface area contributed by atoms with E-state index in [0.29, 0.717) is 6.67 Å². The van der Waals surface area contributed by atoms with Crippen LogP contribution >= 0.6 is 0 Å². The maximum absolute atomic E-state index is 7.97. The molecule has 4 heteroatoms. The molecule has 0 aromatic rings. The Balaban J connectivity index is 3.24. The van der Waals surface area contributed by atoms with E-state index in [1.807, 2.05) is 11.9 Å². The summed E-state index contributed by atoms with van der Waals surface area (Å²) in [5.41, 5.74) is 7.97. The van der Waals surface area contributed by atoms with Gasteiger partial charge in [0.1, 0.15) is 0 Å². The Morgan fingerprint density at radius 3 is 2.80 bits per heavy atom. The van der Waals surface area contributed by atoms with E-state index in [1.54, 1.807) is 0 Å². The minimum Gasteiger partial charge on any atom is -0.301 e. The molecule has 0 spiro atoms. The van der Waals surface area contributed by atoms with Gasteiger partial charge in [0.05, 0.1) is 6.67 Å². The van der Waals surface area contributed by atoms with Gasteiger partial charge < -0.3 is 4.90 Å². The molecule has 0 aliphatic heterocycles. The average Bonchev–Trinajstić information content (AvgIpc) is 1.97. The van der Waals surface area contributed by atoms with Crippen LogP contribution in [0.2, 0.25) is 0 Å². The van der Waals surface area contributed by atoms with E-state index < -0.39 is 0 Å². The van der Waals surface area contributed by atoms with Crippen LogP contribution in [0.5, 0.6) is 0 Å². The Bertz CT molecular complexity index is 117. The molecule has 0 saturated carbocycles. The fourth-order valence-corrected chi connectivity index (χ4v) is 0.635. The summed E-state index contributed by atoms with van der Waals surface area (Å²) in [6, 6.07) is 0. The van der Waals surface area contributed by atoms with E-state index in [1.165, 1.54) is 6.42 Å². The quantitative estimate of drug-likeness (QED) is 0.329. The van der Waals surface area contributed by atoms with Crippen molar-refractivity contribution in [3.05, 3.63) is 10.4 Å². The Kier molecular flexibility index (Phi) is 5.92. The molecule has 0 bridgehead atoms. The fraction of sp³-hybridized carbons (Fsp3) is 1.00. The van der Waals surface area contributed by atoms with E-state index in [-0.39, 0.29) is 0 Å². The standard InChI is InChI=1S/C6H14N4/c1-3-4-5-10(2)6-8-9-7/h3-6H2,1-2H3. The van der Waals surface area contributed by atoms with Crippen LogP contribution in [0.15, 0.2) is 5.11 Å². The second-order valence-electron chi connectivity index (χ2n) is 2.31. The number of nitrogens with zero attached hydrogens (tertiary/aromatic N) is 4. The smallest absolute Gasteiger partial charge is 0.0771 e. The molecular formula is C6H14N4. The van der Waals surface area contributed by atoms with Crippen molar-refractivity contribution in [3.8, 4) is 0 Å². The molecule has 0 N–H and O–H groups in total. The second-order valence-corrected chi connectivity index (χ2v) is 2.31. The van der Waals surface area contributed by atoms with Gasteiger partial charge in [0.15, 0.2) is 0 Å². The Labute approximate surface area is 61.5 Å². The minimum absolute atomic E-state index is 0.483. The van der Waals surface area contributed by atoms with Gasteiger partial charge in [-0.15, -0.1) is 0 Å². The monoisotopic (exact) mass is 142 g/mol. The van der Waals surface area contributed by atoms with Crippen molar-refractivity contribution in [1.29, 1.82) is 0 Å². The molecule has 0 aliphatic rings. The maximum Gasteiger partial charge on any atom is 0.0771 e. The van der Waals surface area contributed by atoms with Crippen molar-refractivity contribution in [1.82, 2.24) is 4.90 Å². The Hall–Kier alpha value is -0.730. The van der Waals surface area contributed by atoms with E-state index in [4.69, 9.17) is 5.53 Å². The lowest BCUT2D eigenvalue weighted by Crippen LogP contribution is -2.18. The zero-order valence-electron chi connectivity index (χ0n) is 6.62. The summed E-state index contributed by atoms with van der Waals surface area (Å²) in [4.78, 5) is 4.67. The van der Waals surface area contributed by atoms with Gasteiger partial charge in [-0.3, -0.25) is 0 Å². The molecule has 58 valence electrons. The lowest BCUT2D eigenvalue weighted by Gasteiger charge is -2.11. The molecule has 0 rings (SSSR count). The summed E-state index contributed by atoms with van der Waals surface area (Å²) in [5, 5.41) is 3.43. The maximum atomic E-state index is 7.97. The molecule has 0 aliphatic carbocycles. The molecule has 0 saturated heterocycles. The number of hydrogen-bond acceptors (Lipinski definition) is 2.